The highest BCUT2D eigenvalue weighted by atomic mass is 32.2. The number of sulfonamides is 1. The molecule has 0 aromatic carbocycles. The van der Waals surface area contributed by atoms with E-state index in [0.29, 0.717) is 18.0 Å². The fraction of sp³-hybridized carbons (Fsp3) is 0.444. The summed E-state index contributed by atoms with van der Waals surface area (Å²) in [6.45, 7) is 0.876. The number of thiophene rings is 1. The number of nitrogens with two attached hydrogens (primary N) is 1. The summed E-state index contributed by atoms with van der Waals surface area (Å²) < 4.78 is 26.9. The number of nitrogens with one attached hydrogen (secondary N) is 1. The average Bonchev–Trinajstić information content (AvgIpc) is 2.66. The lowest BCUT2D eigenvalue weighted by Gasteiger charge is -2.02. The molecule has 6 nitrogen and oxygen atoms in total. The van der Waals surface area contributed by atoms with Crippen LogP contribution in [0.4, 0.5) is 0 Å². The second kappa shape index (κ2) is 6.10. The number of hydrogen-bond donors (Lipinski definition) is 2. The largest absolute Gasteiger partial charge is 0.383 e. The Bertz CT molecular complexity index is 481. The molecular weight excluding hydrogens is 264 g/mol. The number of rotatable bonds is 6. The van der Waals surface area contributed by atoms with Gasteiger partial charge >= 0.3 is 0 Å². The van der Waals surface area contributed by atoms with Crippen LogP contribution in [-0.2, 0) is 26.0 Å². The number of hydrogen-bond acceptors (Lipinski definition) is 5. The molecule has 0 fully saturated rings. The van der Waals surface area contributed by atoms with E-state index in [9.17, 15) is 13.2 Å². The standard InChI is InChI=1S/C9H14N2O4S2/c1-15-5-4-11-8(12)6-7-2-3-9(16-7)17(10,13)14/h2-3H,4-6H2,1H3,(H,11,12)(H2,10,13,14). The first-order chi connectivity index (χ1) is 7.93. The van der Waals surface area contributed by atoms with Crippen LogP contribution < -0.4 is 10.5 Å². The van der Waals surface area contributed by atoms with Crippen molar-refractivity contribution >= 4 is 27.3 Å². The molecule has 0 saturated carbocycles. The first-order valence-electron chi connectivity index (χ1n) is 4.80. The summed E-state index contributed by atoms with van der Waals surface area (Å²) in [7, 11) is -2.13. The van der Waals surface area contributed by atoms with Gasteiger partial charge in [-0.2, -0.15) is 0 Å². The van der Waals surface area contributed by atoms with Crippen molar-refractivity contribution in [2.45, 2.75) is 10.6 Å². The van der Waals surface area contributed by atoms with Crippen molar-refractivity contribution in [3.05, 3.63) is 17.0 Å². The minimum absolute atomic E-state index is 0.0668. The van der Waals surface area contributed by atoms with Crippen molar-refractivity contribution in [1.82, 2.24) is 5.32 Å². The topological polar surface area (TPSA) is 98.5 Å². The van der Waals surface area contributed by atoms with E-state index in [0.717, 1.165) is 11.3 Å². The van der Waals surface area contributed by atoms with Crippen molar-refractivity contribution in [2.24, 2.45) is 5.14 Å². The van der Waals surface area contributed by atoms with Gasteiger partial charge < -0.3 is 10.1 Å². The molecule has 96 valence electrons. The van der Waals surface area contributed by atoms with E-state index in [4.69, 9.17) is 9.88 Å². The zero-order chi connectivity index (χ0) is 12.9. The summed E-state index contributed by atoms with van der Waals surface area (Å²) in [5.74, 6) is -0.176. The van der Waals surface area contributed by atoms with Crippen LogP contribution in [0, 0.1) is 0 Å². The lowest BCUT2D eigenvalue weighted by Crippen LogP contribution is -2.28. The Morgan fingerprint density at radius 3 is 2.76 bits per heavy atom. The molecule has 0 atom stereocenters. The van der Waals surface area contributed by atoms with E-state index in [1.54, 1.807) is 13.2 Å². The van der Waals surface area contributed by atoms with Crippen LogP contribution in [0.3, 0.4) is 0 Å². The van der Waals surface area contributed by atoms with Crippen LogP contribution in [0.15, 0.2) is 16.3 Å². The van der Waals surface area contributed by atoms with Crippen LogP contribution in [0.5, 0.6) is 0 Å². The van der Waals surface area contributed by atoms with Gasteiger partial charge in [-0.1, -0.05) is 0 Å². The third kappa shape index (κ3) is 4.82. The van der Waals surface area contributed by atoms with Crippen LogP contribution in [0.2, 0.25) is 0 Å². The number of ether oxygens (including phenoxy) is 1. The summed E-state index contributed by atoms with van der Waals surface area (Å²) in [4.78, 5) is 12.1. The number of carbonyl (C=O) groups excluding carboxylic acids is 1. The molecule has 0 aliphatic carbocycles. The van der Waals surface area contributed by atoms with E-state index in [-0.39, 0.29) is 16.5 Å². The van der Waals surface area contributed by atoms with Crippen molar-refractivity contribution in [1.29, 1.82) is 0 Å². The zero-order valence-electron chi connectivity index (χ0n) is 9.30. The minimum Gasteiger partial charge on any atom is -0.383 e. The van der Waals surface area contributed by atoms with Gasteiger partial charge in [0.15, 0.2) is 0 Å². The molecule has 0 bridgehead atoms. The Balaban J connectivity index is 2.52. The first kappa shape index (κ1) is 14.1. The highest BCUT2D eigenvalue weighted by Crippen LogP contribution is 2.20. The molecule has 1 amide bonds. The highest BCUT2D eigenvalue weighted by molar-refractivity contribution is 7.91. The molecule has 17 heavy (non-hydrogen) atoms. The van der Waals surface area contributed by atoms with Gasteiger partial charge in [-0.3, -0.25) is 4.79 Å². The Morgan fingerprint density at radius 2 is 2.24 bits per heavy atom. The van der Waals surface area contributed by atoms with E-state index in [2.05, 4.69) is 5.32 Å². The minimum atomic E-state index is -3.67. The second-order valence-corrected chi connectivity index (χ2v) is 6.24. The Morgan fingerprint density at radius 1 is 1.53 bits per heavy atom. The molecule has 3 N–H and O–H groups in total. The SMILES string of the molecule is COCCNC(=O)Cc1ccc(S(N)(=O)=O)s1. The lowest BCUT2D eigenvalue weighted by molar-refractivity contribution is -0.120. The number of carbonyl (C=O) groups is 1. The van der Waals surface area contributed by atoms with Gasteiger partial charge in [-0.25, -0.2) is 13.6 Å². The average molecular weight is 278 g/mol. The van der Waals surface area contributed by atoms with Gasteiger partial charge in [0.2, 0.25) is 15.9 Å². The molecule has 0 saturated heterocycles. The molecule has 1 heterocycles. The van der Waals surface area contributed by atoms with Crippen molar-refractivity contribution in [2.75, 3.05) is 20.3 Å². The normalized spacial score (nSPS) is 11.4. The third-order valence-corrected chi connectivity index (χ3v) is 4.40. The molecule has 8 heteroatoms. The van der Waals surface area contributed by atoms with Crippen molar-refractivity contribution in [3.8, 4) is 0 Å². The predicted molar refractivity (Wildman–Crippen MR) is 64.3 cm³/mol. The monoisotopic (exact) mass is 278 g/mol. The van der Waals surface area contributed by atoms with Gasteiger partial charge in [-0.15, -0.1) is 11.3 Å². The Kier molecular flexibility index (Phi) is 5.06. The van der Waals surface area contributed by atoms with Crippen molar-refractivity contribution in [3.63, 3.8) is 0 Å². The zero-order valence-corrected chi connectivity index (χ0v) is 10.9. The Labute approximate surface area is 104 Å². The van der Waals surface area contributed by atoms with E-state index >= 15 is 0 Å². The maximum absolute atomic E-state index is 11.4. The van der Waals surface area contributed by atoms with Gasteiger partial charge in [0.05, 0.1) is 13.0 Å². The summed E-state index contributed by atoms with van der Waals surface area (Å²) in [6, 6.07) is 2.98. The van der Waals surface area contributed by atoms with E-state index in [1.807, 2.05) is 0 Å². The fourth-order valence-corrected chi connectivity index (χ4v) is 2.90. The molecular formula is C9H14N2O4S2. The molecule has 1 rings (SSSR count). The summed E-state index contributed by atoms with van der Waals surface area (Å²) in [6.07, 6.45) is 0.143. The highest BCUT2D eigenvalue weighted by Gasteiger charge is 2.12. The fourth-order valence-electron chi connectivity index (χ4n) is 1.12. The summed E-state index contributed by atoms with van der Waals surface area (Å²) in [5.41, 5.74) is 0. The van der Waals surface area contributed by atoms with Gasteiger partial charge in [0, 0.05) is 18.5 Å². The molecule has 1 aromatic heterocycles. The predicted octanol–water partition coefficient (Wildman–Crippen LogP) is -0.299. The van der Waals surface area contributed by atoms with Crippen LogP contribution in [-0.4, -0.2) is 34.6 Å². The first-order valence-corrected chi connectivity index (χ1v) is 7.17. The van der Waals surface area contributed by atoms with Crippen LogP contribution in [0.1, 0.15) is 4.88 Å². The smallest absolute Gasteiger partial charge is 0.247 e. The maximum atomic E-state index is 11.4. The molecule has 0 aliphatic heterocycles. The summed E-state index contributed by atoms with van der Waals surface area (Å²) >= 11 is 1.00. The molecule has 0 radical (unpaired) electrons. The maximum Gasteiger partial charge on any atom is 0.247 e. The molecule has 0 aliphatic rings. The van der Waals surface area contributed by atoms with Gasteiger partial charge in [0.1, 0.15) is 4.21 Å². The number of amides is 1. The van der Waals surface area contributed by atoms with E-state index < -0.39 is 10.0 Å². The molecule has 0 unspecified atom stereocenters. The van der Waals surface area contributed by atoms with Crippen molar-refractivity contribution < 1.29 is 17.9 Å². The summed E-state index contributed by atoms with van der Waals surface area (Å²) in [5, 5.41) is 7.61. The third-order valence-electron chi connectivity index (χ3n) is 1.88. The van der Waals surface area contributed by atoms with Gasteiger partial charge in [0.25, 0.3) is 0 Å². The quantitative estimate of drug-likeness (QED) is 0.698. The lowest BCUT2D eigenvalue weighted by atomic mass is 10.3. The Hall–Kier alpha value is -0.960. The molecule has 0 spiro atoms. The van der Waals surface area contributed by atoms with E-state index in [1.165, 1.54) is 6.07 Å². The van der Waals surface area contributed by atoms with Gasteiger partial charge in [-0.05, 0) is 12.1 Å². The number of methoxy groups -OCH3 is 1. The molecule has 1 aromatic rings. The van der Waals surface area contributed by atoms with Crippen LogP contribution >= 0.6 is 11.3 Å². The van der Waals surface area contributed by atoms with Crippen LogP contribution in [0.25, 0.3) is 0 Å². The number of primary sulfonamides is 1. The second-order valence-electron chi connectivity index (χ2n) is 3.29.